The van der Waals surface area contributed by atoms with Gasteiger partial charge in [-0.3, -0.25) is 14.9 Å². The van der Waals surface area contributed by atoms with Crippen LogP contribution in [0.4, 0.5) is 10.1 Å². The molecule has 1 rings (SSSR count). The molecule has 0 radical (unpaired) electrons. The van der Waals surface area contributed by atoms with Gasteiger partial charge in [-0.2, -0.15) is 0 Å². The van der Waals surface area contributed by atoms with Crippen molar-refractivity contribution in [3.63, 3.8) is 0 Å². The zero-order valence-electron chi connectivity index (χ0n) is 12.3. The lowest BCUT2D eigenvalue weighted by atomic mass is 10.0. The topological polar surface area (TPSA) is 81.5 Å². The average molecular weight is 298 g/mol. The number of carbonyl (C=O) groups excluding carboxylic acids is 1. The highest BCUT2D eigenvalue weighted by Crippen LogP contribution is 2.20. The third-order valence-corrected chi connectivity index (χ3v) is 2.97. The third-order valence-electron chi connectivity index (χ3n) is 2.97. The van der Waals surface area contributed by atoms with E-state index >= 15 is 0 Å². The predicted molar refractivity (Wildman–Crippen MR) is 75.2 cm³/mol. The van der Waals surface area contributed by atoms with Crippen molar-refractivity contribution in [1.82, 2.24) is 5.32 Å². The molecule has 0 fully saturated rings. The van der Waals surface area contributed by atoms with Crippen molar-refractivity contribution < 1.29 is 18.8 Å². The summed E-state index contributed by atoms with van der Waals surface area (Å²) in [5.41, 5.74) is 0.00900. The second kappa shape index (κ2) is 7.68. The van der Waals surface area contributed by atoms with Gasteiger partial charge in [0.25, 0.3) is 5.69 Å². The first-order chi connectivity index (χ1) is 9.85. The van der Waals surface area contributed by atoms with Crippen molar-refractivity contribution in [2.45, 2.75) is 32.9 Å². The summed E-state index contributed by atoms with van der Waals surface area (Å²) in [6, 6.07) is 2.66. The number of nitrogens with zero attached hydrogens (tertiary/aromatic N) is 1. The molecule has 0 spiro atoms. The lowest BCUT2D eigenvalue weighted by Gasteiger charge is -2.18. The summed E-state index contributed by atoms with van der Waals surface area (Å²) in [5, 5.41) is 13.8. The van der Waals surface area contributed by atoms with Gasteiger partial charge in [0.2, 0.25) is 0 Å². The molecule has 21 heavy (non-hydrogen) atoms. The van der Waals surface area contributed by atoms with Gasteiger partial charge in [-0.05, 0) is 24.5 Å². The van der Waals surface area contributed by atoms with E-state index in [4.69, 9.17) is 4.74 Å². The van der Waals surface area contributed by atoms with Crippen molar-refractivity contribution in [2.75, 3.05) is 7.11 Å². The van der Waals surface area contributed by atoms with Gasteiger partial charge in [-0.1, -0.05) is 13.8 Å². The quantitative estimate of drug-likeness (QED) is 0.475. The Morgan fingerprint density at radius 1 is 1.48 bits per heavy atom. The molecule has 116 valence electrons. The highest BCUT2D eigenvalue weighted by molar-refractivity contribution is 5.75. The van der Waals surface area contributed by atoms with E-state index in [0.717, 1.165) is 18.2 Å². The normalized spacial score (nSPS) is 12.2. The number of rotatable bonds is 7. The summed E-state index contributed by atoms with van der Waals surface area (Å²) in [6.07, 6.45) is 0.524. The van der Waals surface area contributed by atoms with Crippen LogP contribution in [-0.4, -0.2) is 24.0 Å². The van der Waals surface area contributed by atoms with Gasteiger partial charge in [-0.15, -0.1) is 0 Å². The number of nitro benzene ring substituents is 1. The second-order valence-corrected chi connectivity index (χ2v) is 5.12. The summed E-state index contributed by atoms with van der Waals surface area (Å²) in [6.45, 7) is 3.91. The Morgan fingerprint density at radius 3 is 2.67 bits per heavy atom. The van der Waals surface area contributed by atoms with Crippen LogP contribution in [0.5, 0.6) is 0 Å². The Kier molecular flexibility index (Phi) is 6.23. The number of ether oxygens (including phenoxy) is 1. The van der Waals surface area contributed by atoms with Gasteiger partial charge >= 0.3 is 5.97 Å². The molecule has 0 bridgehead atoms. The molecule has 1 atom stereocenters. The van der Waals surface area contributed by atoms with E-state index in [1.165, 1.54) is 7.11 Å². The van der Waals surface area contributed by atoms with Gasteiger partial charge in [0.1, 0.15) is 11.9 Å². The number of esters is 1. The van der Waals surface area contributed by atoms with E-state index in [-0.39, 0.29) is 23.7 Å². The third kappa shape index (κ3) is 5.11. The standard InChI is InChI=1S/C14H19FN2O4/c1-9(2)6-12(14(18)21-3)16-8-10-7-11(15)4-5-13(10)17(19)20/h4-5,7,9,12,16H,6,8H2,1-3H3/t12-/m0/s1. The number of nitro groups is 1. The number of halogens is 1. The molecule has 6 nitrogen and oxygen atoms in total. The fraction of sp³-hybridized carbons (Fsp3) is 0.500. The van der Waals surface area contributed by atoms with Gasteiger partial charge in [0.15, 0.2) is 0 Å². The van der Waals surface area contributed by atoms with Crippen LogP contribution in [0.1, 0.15) is 25.8 Å². The Morgan fingerprint density at radius 2 is 2.14 bits per heavy atom. The van der Waals surface area contributed by atoms with Gasteiger partial charge < -0.3 is 10.1 Å². The molecule has 7 heteroatoms. The zero-order valence-corrected chi connectivity index (χ0v) is 12.3. The maximum Gasteiger partial charge on any atom is 0.322 e. The minimum atomic E-state index is -0.585. The van der Waals surface area contributed by atoms with Crippen molar-refractivity contribution in [3.05, 3.63) is 39.7 Å². The smallest absolute Gasteiger partial charge is 0.322 e. The second-order valence-electron chi connectivity index (χ2n) is 5.12. The van der Waals surface area contributed by atoms with E-state index in [1.54, 1.807) is 0 Å². The van der Waals surface area contributed by atoms with Crippen LogP contribution in [0.3, 0.4) is 0 Å². The molecule has 0 aliphatic heterocycles. The Labute approximate surface area is 122 Å². The van der Waals surface area contributed by atoms with E-state index in [1.807, 2.05) is 13.8 Å². The van der Waals surface area contributed by atoms with Crippen LogP contribution in [0.2, 0.25) is 0 Å². The maximum absolute atomic E-state index is 13.2. The highest BCUT2D eigenvalue weighted by atomic mass is 19.1. The van der Waals surface area contributed by atoms with Crippen LogP contribution in [0.15, 0.2) is 18.2 Å². The minimum absolute atomic E-state index is 0.0144. The SMILES string of the molecule is COC(=O)[C@H](CC(C)C)NCc1cc(F)ccc1[N+](=O)[O-]. The number of hydrogen-bond acceptors (Lipinski definition) is 5. The number of nitrogens with one attached hydrogen (secondary N) is 1. The molecule has 0 saturated heterocycles. The summed E-state index contributed by atoms with van der Waals surface area (Å²) >= 11 is 0. The van der Waals surface area contributed by atoms with Gasteiger partial charge in [0, 0.05) is 18.2 Å². The summed E-state index contributed by atoms with van der Waals surface area (Å²) in [5.74, 6) is -0.761. The first kappa shape index (κ1) is 17.0. The van der Waals surface area contributed by atoms with Crippen molar-refractivity contribution in [3.8, 4) is 0 Å². The number of methoxy groups -OCH3 is 1. The van der Waals surface area contributed by atoms with E-state index in [2.05, 4.69) is 5.32 Å². The summed E-state index contributed by atoms with van der Waals surface area (Å²) in [7, 11) is 1.28. The molecule has 1 N–H and O–H groups in total. The van der Waals surface area contributed by atoms with Gasteiger partial charge in [-0.25, -0.2) is 4.39 Å². The van der Waals surface area contributed by atoms with Crippen LogP contribution < -0.4 is 5.32 Å². The van der Waals surface area contributed by atoms with Crippen LogP contribution in [-0.2, 0) is 16.1 Å². The molecule has 0 aliphatic carbocycles. The highest BCUT2D eigenvalue weighted by Gasteiger charge is 2.22. The molecule has 0 aliphatic rings. The molecule has 0 amide bonds. The first-order valence-electron chi connectivity index (χ1n) is 6.59. The lowest BCUT2D eigenvalue weighted by Crippen LogP contribution is -2.38. The maximum atomic E-state index is 13.2. The van der Waals surface area contributed by atoms with Crippen molar-refractivity contribution >= 4 is 11.7 Å². The molecular weight excluding hydrogens is 279 g/mol. The molecule has 1 aromatic rings. The molecule has 0 saturated carbocycles. The van der Waals surface area contributed by atoms with Crippen molar-refractivity contribution in [2.24, 2.45) is 5.92 Å². The fourth-order valence-electron chi connectivity index (χ4n) is 1.98. The van der Waals surface area contributed by atoms with Crippen LogP contribution in [0, 0.1) is 21.8 Å². The van der Waals surface area contributed by atoms with E-state index < -0.39 is 22.8 Å². The lowest BCUT2D eigenvalue weighted by molar-refractivity contribution is -0.385. The minimum Gasteiger partial charge on any atom is -0.468 e. The number of hydrogen-bond donors (Lipinski definition) is 1. The van der Waals surface area contributed by atoms with Crippen LogP contribution >= 0.6 is 0 Å². The Bertz CT molecular complexity index is 520. The first-order valence-corrected chi connectivity index (χ1v) is 6.59. The number of benzene rings is 1. The number of carbonyl (C=O) groups is 1. The summed E-state index contributed by atoms with van der Waals surface area (Å²) < 4.78 is 17.9. The summed E-state index contributed by atoms with van der Waals surface area (Å²) in [4.78, 5) is 22.0. The van der Waals surface area contributed by atoms with Crippen molar-refractivity contribution in [1.29, 1.82) is 0 Å². The molecule has 0 aromatic heterocycles. The molecular formula is C14H19FN2O4. The molecule has 0 heterocycles. The predicted octanol–water partition coefficient (Wildman–Crippen LogP) is 2.41. The van der Waals surface area contributed by atoms with E-state index in [9.17, 15) is 19.3 Å². The Hall–Kier alpha value is -2.02. The molecule has 1 aromatic carbocycles. The zero-order chi connectivity index (χ0) is 16.0. The van der Waals surface area contributed by atoms with Crippen LogP contribution in [0.25, 0.3) is 0 Å². The average Bonchev–Trinajstić information content (AvgIpc) is 2.41. The molecule has 0 unspecified atom stereocenters. The van der Waals surface area contributed by atoms with E-state index in [0.29, 0.717) is 6.42 Å². The largest absolute Gasteiger partial charge is 0.468 e. The van der Waals surface area contributed by atoms with Gasteiger partial charge in [0.05, 0.1) is 12.0 Å². The Balaban J connectivity index is 2.86. The monoisotopic (exact) mass is 298 g/mol. The fourth-order valence-corrected chi connectivity index (χ4v) is 1.98.